The first-order valence-corrected chi connectivity index (χ1v) is 10.2. The molecule has 0 N–H and O–H groups in total. The van der Waals surface area contributed by atoms with Crippen molar-refractivity contribution in [2.45, 2.75) is 11.0 Å². The van der Waals surface area contributed by atoms with Crippen molar-refractivity contribution >= 4 is 35.1 Å². The zero-order chi connectivity index (χ0) is 16.8. The molecule has 24 heavy (non-hydrogen) atoms. The van der Waals surface area contributed by atoms with Crippen molar-refractivity contribution in [2.75, 3.05) is 43.1 Å². The fourth-order valence-corrected chi connectivity index (χ4v) is 3.59. The molecule has 1 saturated heterocycles. The predicted octanol–water partition coefficient (Wildman–Crippen LogP) is 2.37. The van der Waals surface area contributed by atoms with Gasteiger partial charge < -0.3 is 14.2 Å². The number of hydrogen-bond donors (Lipinski definition) is 0. The highest BCUT2D eigenvalue weighted by Crippen LogP contribution is 2.20. The SMILES string of the molecule is CSCc1nnc(SCC(=O)N2CCN(c3ccccc3)CC2)o1. The van der Waals surface area contributed by atoms with E-state index < -0.39 is 0 Å². The van der Waals surface area contributed by atoms with Crippen molar-refractivity contribution in [3.8, 4) is 0 Å². The number of carbonyl (C=O) groups excluding carboxylic acids is 1. The van der Waals surface area contributed by atoms with Gasteiger partial charge in [-0.1, -0.05) is 30.0 Å². The third-order valence-electron chi connectivity index (χ3n) is 3.79. The Bertz CT molecular complexity index is 657. The molecule has 1 aliphatic heterocycles. The van der Waals surface area contributed by atoms with Gasteiger partial charge in [0, 0.05) is 31.9 Å². The van der Waals surface area contributed by atoms with Gasteiger partial charge in [0.05, 0.1) is 11.5 Å². The van der Waals surface area contributed by atoms with E-state index in [1.165, 1.54) is 17.4 Å². The number of aromatic nitrogens is 2. The first-order chi connectivity index (χ1) is 11.8. The molecule has 128 valence electrons. The summed E-state index contributed by atoms with van der Waals surface area (Å²) >= 11 is 2.94. The van der Waals surface area contributed by atoms with E-state index in [0.717, 1.165) is 26.2 Å². The summed E-state index contributed by atoms with van der Waals surface area (Å²) in [7, 11) is 0. The van der Waals surface area contributed by atoms with Gasteiger partial charge >= 0.3 is 0 Å². The Kier molecular flexibility index (Phi) is 6.03. The van der Waals surface area contributed by atoms with Gasteiger partial charge in [0.25, 0.3) is 5.22 Å². The third-order valence-corrected chi connectivity index (χ3v) is 5.13. The van der Waals surface area contributed by atoms with Gasteiger partial charge in [-0.2, -0.15) is 11.8 Å². The fraction of sp³-hybridized carbons (Fsp3) is 0.438. The lowest BCUT2D eigenvalue weighted by atomic mass is 10.2. The van der Waals surface area contributed by atoms with E-state index in [-0.39, 0.29) is 5.91 Å². The maximum Gasteiger partial charge on any atom is 0.277 e. The molecule has 0 aliphatic carbocycles. The van der Waals surface area contributed by atoms with Crippen LogP contribution in [0.25, 0.3) is 0 Å². The van der Waals surface area contributed by atoms with Crippen LogP contribution >= 0.6 is 23.5 Å². The first-order valence-electron chi connectivity index (χ1n) is 7.78. The Hall–Kier alpha value is -1.67. The van der Waals surface area contributed by atoms with Gasteiger partial charge in [-0.3, -0.25) is 4.79 Å². The Morgan fingerprint density at radius 2 is 1.92 bits per heavy atom. The zero-order valence-electron chi connectivity index (χ0n) is 13.6. The Morgan fingerprint density at radius 3 is 2.62 bits per heavy atom. The highest BCUT2D eigenvalue weighted by molar-refractivity contribution is 7.99. The van der Waals surface area contributed by atoms with Gasteiger partial charge in [-0.25, -0.2) is 0 Å². The Labute approximate surface area is 150 Å². The molecule has 2 aromatic rings. The largest absolute Gasteiger partial charge is 0.415 e. The number of thioether (sulfide) groups is 2. The summed E-state index contributed by atoms with van der Waals surface area (Å²) in [5.41, 5.74) is 1.21. The normalized spacial score (nSPS) is 14.9. The molecule has 1 aromatic carbocycles. The molecule has 0 saturated carbocycles. The van der Waals surface area contributed by atoms with Gasteiger partial charge in [-0.05, 0) is 18.4 Å². The second-order valence-corrected chi connectivity index (χ2v) is 7.18. The molecular weight excluding hydrogens is 344 g/mol. The van der Waals surface area contributed by atoms with E-state index in [1.54, 1.807) is 11.8 Å². The topological polar surface area (TPSA) is 62.5 Å². The molecule has 2 heterocycles. The summed E-state index contributed by atoms with van der Waals surface area (Å²) < 4.78 is 5.48. The van der Waals surface area contributed by atoms with Crippen molar-refractivity contribution in [2.24, 2.45) is 0 Å². The minimum Gasteiger partial charge on any atom is -0.415 e. The van der Waals surface area contributed by atoms with Crippen LogP contribution in [0, 0.1) is 0 Å². The number of amides is 1. The number of benzene rings is 1. The molecule has 0 radical (unpaired) electrons. The minimum absolute atomic E-state index is 0.123. The van der Waals surface area contributed by atoms with Gasteiger partial charge in [0.1, 0.15) is 0 Å². The van der Waals surface area contributed by atoms with E-state index in [0.29, 0.717) is 22.6 Å². The first kappa shape index (κ1) is 17.2. The maximum absolute atomic E-state index is 12.3. The number of para-hydroxylation sites is 1. The van der Waals surface area contributed by atoms with Gasteiger partial charge in [0.15, 0.2) is 0 Å². The van der Waals surface area contributed by atoms with Crippen LogP contribution in [0.15, 0.2) is 40.0 Å². The monoisotopic (exact) mass is 364 g/mol. The second-order valence-electron chi connectivity index (χ2n) is 5.39. The number of anilines is 1. The standard InChI is InChI=1S/C16H20N4O2S2/c1-23-11-14-17-18-16(22-14)24-12-15(21)20-9-7-19(8-10-20)13-5-3-2-4-6-13/h2-6H,7-12H2,1H3. The summed E-state index contributed by atoms with van der Waals surface area (Å²) in [6.45, 7) is 3.21. The lowest BCUT2D eigenvalue weighted by Gasteiger charge is -2.36. The van der Waals surface area contributed by atoms with Crippen molar-refractivity contribution in [3.05, 3.63) is 36.2 Å². The highest BCUT2D eigenvalue weighted by atomic mass is 32.2. The fourth-order valence-electron chi connectivity index (χ4n) is 2.55. The number of rotatable bonds is 6. The second kappa shape index (κ2) is 8.43. The van der Waals surface area contributed by atoms with E-state index in [1.807, 2.05) is 29.4 Å². The van der Waals surface area contributed by atoms with Crippen LogP contribution in [0.2, 0.25) is 0 Å². The summed E-state index contributed by atoms with van der Waals surface area (Å²) in [5, 5.41) is 8.38. The average Bonchev–Trinajstić information content (AvgIpc) is 3.08. The van der Waals surface area contributed by atoms with Crippen molar-refractivity contribution in [3.63, 3.8) is 0 Å². The van der Waals surface area contributed by atoms with E-state index >= 15 is 0 Å². The van der Waals surface area contributed by atoms with Crippen LogP contribution in [0.5, 0.6) is 0 Å². The molecule has 1 amide bonds. The predicted molar refractivity (Wildman–Crippen MR) is 97.5 cm³/mol. The molecule has 0 bridgehead atoms. The quantitative estimate of drug-likeness (QED) is 0.729. The number of nitrogens with zero attached hydrogens (tertiary/aromatic N) is 4. The van der Waals surface area contributed by atoms with Crippen LogP contribution in [0.1, 0.15) is 5.89 Å². The van der Waals surface area contributed by atoms with Gasteiger partial charge in [0.2, 0.25) is 11.8 Å². The van der Waals surface area contributed by atoms with Crippen molar-refractivity contribution in [1.82, 2.24) is 15.1 Å². The number of piperazine rings is 1. The van der Waals surface area contributed by atoms with E-state index in [2.05, 4.69) is 27.2 Å². The average molecular weight is 364 g/mol. The molecule has 0 spiro atoms. The van der Waals surface area contributed by atoms with Crippen LogP contribution in [0.4, 0.5) is 5.69 Å². The molecule has 3 rings (SSSR count). The summed E-state index contributed by atoms with van der Waals surface area (Å²) in [6, 6.07) is 10.3. The third kappa shape index (κ3) is 4.45. The van der Waals surface area contributed by atoms with Crippen LogP contribution in [-0.2, 0) is 10.5 Å². The molecule has 8 heteroatoms. The molecule has 0 unspecified atom stereocenters. The Balaban J connectivity index is 1.45. The smallest absolute Gasteiger partial charge is 0.277 e. The number of hydrogen-bond acceptors (Lipinski definition) is 7. The van der Waals surface area contributed by atoms with Crippen LogP contribution < -0.4 is 4.90 Å². The molecular formula is C16H20N4O2S2. The van der Waals surface area contributed by atoms with Crippen molar-refractivity contribution < 1.29 is 9.21 Å². The van der Waals surface area contributed by atoms with Crippen LogP contribution in [0.3, 0.4) is 0 Å². The summed E-state index contributed by atoms with van der Waals surface area (Å²) in [5.74, 6) is 1.76. The Morgan fingerprint density at radius 1 is 1.17 bits per heavy atom. The number of carbonyl (C=O) groups is 1. The molecule has 1 fully saturated rings. The van der Waals surface area contributed by atoms with E-state index in [9.17, 15) is 4.79 Å². The molecule has 6 nitrogen and oxygen atoms in total. The summed E-state index contributed by atoms with van der Waals surface area (Å²) in [4.78, 5) is 16.6. The minimum atomic E-state index is 0.123. The lowest BCUT2D eigenvalue weighted by Crippen LogP contribution is -2.49. The molecule has 1 aromatic heterocycles. The molecule has 1 aliphatic rings. The lowest BCUT2D eigenvalue weighted by molar-refractivity contribution is -0.128. The zero-order valence-corrected chi connectivity index (χ0v) is 15.2. The van der Waals surface area contributed by atoms with Crippen LogP contribution in [-0.4, -0.2) is 59.2 Å². The van der Waals surface area contributed by atoms with Crippen molar-refractivity contribution in [1.29, 1.82) is 0 Å². The van der Waals surface area contributed by atoms with E-state index in [4.69, 9.17) is 4.42 Å². The highest BCUT2D eigenvalue weighted by Gasteiger charge is 2.21. The summed E-state index contributed by atoms with van der Waals surface area (Å²) in [6.07, 6.45) is 1.98. The maximum atomic E-state index is 12.3. The molecule has 0 atom stereocenters. The van der Waals surface area contributed by atoms with Gasteiger partial charge in [-0.15, -0.1) is 10.2 Å².